The molecule has 0 aliphatic heterocycles. The minimum absolute atomic E-state index is 0.102. The van der Waals surface area contributed by atoms with E-state index in [0.29, 0.717) is 11.1 Å². The predicted molar refractivity (Wildman–Crippen MR) is 124 cm³/mol. The summed E-state index contributed by atoms with van der Waals surface area (Å²) in [6.45, 7) is 3.41. The van der Waals surface area contributed by atoms with Crippen LogP contribution in [0.4, 0.5) is 11.4 Å². The van der Waals surface area contributed by atoms with E-state index in [2.05, 4.69) is 5.32 Å². The molecule has 1 heterocycles. The van der Waals surface area contributed by atoms with Gasteiger partial charge in [-0.3, -0.25) is 10.1 Å². The average molecular weight is 437 g/mol. The van der Waals surface area contributed by atoms with E-state index in [1.165, 1.54) is 6.07 Å². The van der Waals surface area contributed by atoms with Crippen LogP contribution in [-0.4, -0.2) is 20.1 Å². The lowest BCUT2D eigenvalue weighted by Gasteiger charge is -2.11. The summed E-state index contributed by atoms with van der Waals surface area (Å²) in [5.41, 5.74) is 3.29. The maximum Gasteiger partial charge on any atom is 0.288 e. The molecule has 0 saturated heterocycles. The zero-order valence-electron chi connectivity index (χ0n) is 17.1. The second kappa shape index (κ2) is 9.46. The van der Waals surface area contributed by atoms with Crippen molar-refractivity contribution in [2.45, 2.75) is 20.5 Å². The smallest absolute Gasteiger partial charge is 0.288 e. The number of hydrogen-bond acceptors (Lipinski definition) is 5. The van der Waals surface area contributed by atoms with Crippen LogP contribution in [0, 0.1) is 24.0 Å². The number of nitro groups is 1. The Hall–Kier alpha value is -3.62. The molecule has 0 fully saturated rings. The molecule has 0 amide bonds. The van der Waals surface area contributed by atoms with Crippen LogP contribution in [0.3, 0.4) is 0 Å². The van der Waals surface area contributed by atoms with Crippen molar-refractivity contribution in [2.75, 3.05) is 5.32 Å². The van der Waals surface area contributed by atoms with E-state index in [1.807, 2.05) is 31.2 Å². The lowest BCUT2D eigenvalue weighted by atomic mass is 10.1. The number of benzene rings is 2. The van der Waals surface area contributed by atoms with Crippen LogP contribution in [-0.2, 0) is 6.61 Å². The van der Waals surface area contributed by atoms with E-state index in [-0.39, 0.29) is 34.3 Å². The number of hydrogen-bond donors (Lipinski definition) is 3. The third-order valence-corrected chi connectivity index (χ3v) is 5.03. The number of aromatic nitrogens is 1. The van der Waals surface area contributed by atoms with Gasteiger partial charge in [-0.1, -0.05) is 42.0 Å². The van der Waals surface area contributed by atoms with Crippen LogP contribution in [0.5, 0.6) is 0 Å². The molecule has 158 valence electrons. The fourth-order valence-corrected chi connectivity index (χ4v) is 3.34. The maximum absolute atomic E-state index is 11.4. The first-order valence-corrected chi connectivity index (χ1v) is 9.89. The molecule has 0 radical (unpaired) electrons. The number of aliphatic hydroxyl groups excluding tert-OH is 2. The largest absolute Gasteiger partial charge is 0.502 e. The van der Waals surface area contributed by atoms with Gasteiger partial charge in [-0.05, 0) is 32.0 Å². The molecule has 3 aromatic rings. The van der Waals surface area contributed by atoms with E-state index in [4.69, 9.17) is 12.2 Å². The van der Waals surface area contributed by atoms with Crippen molar-refractivity contribution in [3.05, 3.63) is 99.4 Å². The summed E-state index contributed by atoms with van der Waals surface area (Å²) in [7, 11) is 0. The van der Waals surface area contributed by atoms with Gasteiger partial charge in [0.1, 0.15) is 0 Å². The first kappa shape index (κ1) is 22.1. The van der Waals surface area contributed by atoms with E-state index in [1.54, 1.807) is 48.1 Å². The van der Waals surface area contributed by atoms with Crippen LogP contribution in [0.2, 0.25) is 0 Å². The lowest BCUT2D eigenvalue weighted by Crippen LogP contribution is -2.39. The van der Waals surface area contributed by atoms with Gasteiger partial charge in [-0.2, -0.15) is 4.57 Å². The van der Waals surface area contributed by atoms with E-state index < -0.39 is 4.92 Å². The molecule has 8 heteroatoms. The Morgan fingerprint density at radius 3 is 2.52 bits per heavy atom. The zero-order chi connectivity index (χ0) is 22.5. The molecule has 0 aliphatic rings. The summed E-state index contributed by atoms with van der Waals surface area (Å²) in [5, 5.41) is 35.1. The molecule has 1 aromatic heterocycles. The minimum atomic E-state index is -0.492. The fraction of sp³-hybridized carbons (Fsp3) is 0.130. The fourth-order valence-electron chi connectivity index (χ4n) is 3.02. The van der Waals surface area contributed by atoms with Crippen molar-refractivity contribution in [3.63, 3.8) is 0 Å². The van der Waals surface area contributed by atoms with Gasteiger partial charge in [0.15, 0.2) is 23.1 Å². The van der Waals surface area contributed by atoms with Crippen molar-refractivity contribution in [1.82, 2.24) is 0 Å². The van der Waals surface area contributed by atoms with Crippen molar-refractivity contribution in [1.29, 1.82) is 0 Å². The van der Waals surface area contributed by atoms with Gasteiger partial charge >= 0.3 is 0 Å². The lowest BCUT2D eigenvalue weighted by molar-refractivity contribution is -0.576. The number of pyridine rings is 1. The van der Waals surface area contributed by atoms with Gasteiger partial charge in [0.2, 0.25) is 0 Å². The minimum Gasteiger partial charge on any atom is -0.502 e. The number of aliphatic hydroxyl groups is 2. The Morgan fingerprint density at radius 2 is 1.87 bits per heavy atom. The third kappa shape index (κ3) is 5.11. The van der Waals surface area contributed by atoms with Gasteiger partial charge in [0.05, 0.1) is 11.5 Å². The van der Waals surface area contributed by atoms with Crippen LogP contribution in [0.25, 0.3) is 11.5 Å². The SMILES string of the molecule is Cc1ccc(NC(=S)/C(=C(\O)c2ccc(C)c([N+](=O)[O-])c2)[n+]2cccc(CO)c2)cc1. The Kier molecular flexibility index (Phi) is 6.74. The zero-order valence-corrected chi connectivity index (χ0v) is 17.9. The molecule has 0 unspecified atom stereocenters. The highest BCUT2D eigenvalue weighted by Crippen LogP contribution is 2.25. The first-order chi connectivity index (χ1) is 14.8. The molecular weight excluding hydrogens is 414 g/mol. The van der Waals surface area contributed by atoms with Crippen molar-refractivity contribution in [3.8, 4) is 0 Å². The summed E-state index contributed by atoms with van der Waals surface area (Å²) in [4.78, 5) is 11.1. The van der Waals surface area contributed by atoms with Crippen LogP contribution < -0.4 is 9.88 Å². The van der Waals surface area contributed by atoms with Crippen LogP contribution >= 0.6 is 12.2 Å². The number of rotatable bonds is 6. The summed E-state index contributed by atoms with van der Waals surface area (Å²) in [6, 6.07) is 15.5. The van der Waals surface area contributed by atoms with E-state index in [0.717, 1.165) is 11.3 Å². The summed E-state index contributed by atoms with van der Waals surface area (Å²) < 4.78 is 1.58. The van der Waals surface area contributed by atoms with E-state index in [9.17, 15) is 20.3 Å². The second-order valence-corrected chi connectivity index (χ2v) is 7.46. The molecule has 7 nitrogen and oxygen atoms in total. The summed E-state index contributed by atoms with van der Waals surface area (Å²) in [5.74, 6) is -0.229. The second-order valence-electron chi connectivity index (χ2n) is 7.05. The Labute approximate surface area is 185 Å². The third-order valence-electron chi connectivity index (χ3n) is 4.73. The van der Waals surface area contributed by atoms with E-state index >= 15 is 0 Å². The number of nitro benzene ring substituents is 1. The average Bonchev–Trinajstić information content (AvgIpc) is 2.75. The van der Waals surface area contributed by atoms with Crippen LogP contribution in [0.1, 0.15) is 22.3 Å². The monoisotopic (exact) mass is 436 g/mol. The number of nitrogens with zero attached hydrogens (tertiary/aromatic N) is 2. The molecule has 0 saturated carbocycles. The topological polar surface area (TPSA) is 99.5 Å². The highest BCUT2D eigenvalue weighted by Gasteiger charge is 2.26. The standard InChI is InChI=1S/C23H21N3O4S/c1-15-5-9-19(10-6-15)24-23(31)21(25-11-3-4-17(13-25)14-27)22(28)18-8-7-16(2)20(12-18)26(29)30/h3-13,27H,14H2,1-2H3,(H-,24,28,31)/p+1. The molecular formula is C23H22N3O4S+. The number of anilines is 1. The normalized spacial score (nSPS) is 11.6. The Morgan fingerprint density at radius 1 is 1.16 bits per heavy atom. The molecule has 0 atom stereocenters. The molecule has 3 rings (SSSR count). The highest BCUT2D eigenvalue weighted by atomic mass is 32.1. The van der Waals surface area contributed by atoms with Crippen molar-refractivity contribution >= 4 is 40.0 Å². The number of thiocarbonyl (C=S) groups is 1. The molecule has 31 heavy (non-hydrogen) atoms. The van der Waals surface area contributed by atoms with Gasteiger partial charge in [0.25, 0.3) is 11.4 Å². The van der Waals surface area contributed by atoms with Crippen LogP contribution in [0.15, 0.2) is 67.0 Å². The molecule has 0 spiro atoms. The number of aryl methyl sites for hydroxylation is 2. The molecule has 0 bridgehead atoms. The molecule has 2 aromatic carbocycles. The summed E-state index contributed by atoms with van der Waals surface area (Å²) in [6.07, 6.45) is 3.31. The first-order valence-electron chi connectivity index (χ1n) is 9.48. The van der Waals surface area contributed by atoms with Crippen molar-refractivity contribution < 1.29 is 19.7 Å². The maximum atomic E-state index is 11.4. The molecule has 0 aliphatic carbocycles. The van der Waals surface area contributed by atoms with Gasteiger partial charge in [-0.15, -0.1) is 0 Å². The predicted octanol–water partition coefficient (Wildman–Crippen LogP) is 4.31. The number of nitrogens with one attached hydrogen (secondary N) is 1. The summed E-state index contributed by atoms with van der Waals surface area (Å²) >= 11 is 5.59. The van der Waals surface area contributed by atoms with Gasteiger partial charge < -0.3 is 15.5 Å². The highest BCUT2D eigenvalue weighted by molar-refractivity contribution is 7.81. The molecule has 3 N–H and O–H groups in total. The van der Waals surface area contributed by atoms with Gasteiger partial charge in [-0.25, -0.2) is 0 Å². The quantitative estimate of drug-likeness (QED) is 0.133. The van der Waals surface area contributed by atoms with Gasteiger partial charge in [0, 0.05) is 34.5 Å². The Balaban J connectivity index is 2.14. The van der Waals surface area contributed by atoms with Crippen molar-refractivity contribution in [2.24, 2.45) is 0 Å². The Bertz CT molecular complexity index is 1170.